The predicted octanol–water partition coefficient (Wildman–Crippen LogP) is -1.05. The Balaban J connectivity index is 2.05. The average Bonchev–Trinajstić information content (AvgIpc) is 2.48. The summed E-state index contributed by atoms with van der Waals surface area (Å²) in [6.07, 6.45) is 0. The van der Waals surface area contributed by atoms with Gasteiger partial charge in [0, 0.05) is 13.1 Å². The minimum absolute atomic E-state index is 0.0203. The summed E-state index contributed by atoms with van der Waals surface area (Å²) in [5.41, 5.74) is 0. The molecule has 13 heavy (non-hydrogen) atoms. The van der Waals surface area contributed by atoms with Gasteiger partial charge in [0.05, 0.1) is 19.8 Å². The van der Waals surface area contributed by atoms with Crippen molar-refractivity contribution in [2.45, 2.75) is 0 Å². The summed E-state index contributed by atoms with van der Waals surface area (Å²) >= 11 is 5.01. The number of thiocarbonyl (C=S) groups is 1. The third-order valence-corrected chi connectivity index (χ3v) is 2.41. The van der Waals surface area contributed by atoms with Crippen LogP contribution in [-0.2, 0) is 9.53 Å². The Kier molecular flexibility index (Phi) is 2.43. The zero-order chi connectivity index (χ0) is 9.26. The van der Waals surface area contributed by atoms with Crippen molar-refractivity contribution in [1.29, 1.82) is 0 Å². The van der Waals surface area contributed by atoms with Gasteiger partial charge in [-0.15, -0.1) is 0 Å². The van der Waals surface area contributed by atoms with E-state index in [1.165, 1.54) is 5.01 Å². The number of ether oxygens (including phenoxy) is 1. The monoisotopic (exact) mass is 201 g/mol. The van der Waals surface area contributed by atoms with E-state index in [-0.39, 0.29) is 5.91 Å². The molecule has 2 aliphatic heterocycles. The summed E-state index contributed by atoms with van der Waals surface area (Å²) in [7, 11) is 0. The Morgan fingerprint density at radius 3 is 2.62 bits per heavy atom. The first-order valence-electron chi connectivity index (χ1n) is 4.22. The maximum absolute atomic E-state index is 11.4. The van der Waals surface area contributed by atoms with Crippen LogP contribution in [-0.4, -0.2) is 53.9 Å². The Morgan fingerprint density at radius 1 is 1.38 bits per heavy atom. The molecule has 0 spiro atoms. The van der Waals surface area contributed by atoms with E-state index in [0.717, 1.165) is 13.1 Å². The largest absolute Gasteiger partial charge is 0.379 e. The van der Waals surface area contributed by atoms with Gasteiger partial charge in [0.2, 0.25) is 0 Å². The first kappa shape index (κ1) is 8.86. The number of amides is 1. The third kappa shape index (κ3) is 1.65. The van der Waals surface area contributed by atoms with Crippen LogP contribution >= 0.6 is 12.2 Å². The average molecular weight is 201 g/mol. The molecule has 0 atom stereocenters. The van der Waals surface area contributed by atoms with Gasteiger partial charge in [-0.25, -0.2) is 10.0 Å². The molecule has 5 nitrogen and oxygen atoms in total. The number of hydrogen-bond acceptors (Lipinski definition) is 4. The molecule has 72 valence electrons. The first-order chi connectivity index (χ1) is 6.29. The zero-order valence-electron chi connectivity index (χ0n) is 7.15. The highest BCUT2D eigenvalue weighted by Crippen LogP contribution is 2.07. The third-order valence-electron chi connectivity index (χ3n) is 2.09. The van der Waals surface area contributed by atoms with Crippen LogP contribution in [0.15, 0.2) is 0 Å². The molecule has 0 radical (unpaired) electrons. The summed E-state index contributed by atoms with van der Waals surface area (Å²) in [5, 5.41) is 6.81. The van der Waals surface area contributed by atoms with Crippen molar-refractivity contribution >= 4 is 23.2 Å². The number of hydrogen-bond donors (Lipinski definition) is 1. The Bertz CT molecular complexity index is 224. The molecule has 6 heteroatoms. The smallest absolute Gasteiger partial charge is 0.262 e. The van der Waals surface area contributed by atoms with E-state index in [1.807, 2.05) is 5.01 Å². The van der Waals surface area contributed by atoms with Crippen LogP contribution in [0, 0.1) is 0 Å². The molecule has 0 unspecified atom stereocenters. The van der Waals surface area contributed by atoms with Gasteiger partial charge in [-0.3, -0.25) is 4.79 Å². The second-order valence-electron chi connectivity index (χ2n) is 2.93. The molecular weight excluding hydrogens is 190 g/mol. The van der Waals surface area contributed by atoms with Crippen molar-refractivity contribution in [2.24, 2.45) is 0 Å². The van der Waals surface area contributed by atoms with Crippen LogP contribution in [0.1, 0.15) is 0 Å². The lowest BCUT2D eigenvalue weighted by molar-refractivity contribution is -0.140. The molecular formula is C7H11N3O2S. The van der Waals surface area contributed by atoms with Gasteiger partial charge in [0.25, 0.3) is 5.91 Å². The van der Waals surface area contributed by atoms with Gasteiger partial charge in [-0.05, 0) is 12.2 Å². The number of carbonyl (C=O) groups is 1. The molecule has 0 aliphatic carbocycles. The molecule has 0 aromatic rings. The predicted molar refractivity (Wildman–Crippen MR) is 49.8 cm³/mol. The van der Waals surface area contributed by atoms with Crippen LogP contribution in [0.25, 0.3) is 0 Å². The van der Waals surface area contributed by atoms with E-state index < -0.39 is 0 Å². The van der Waals surface area contributed by atoms with E-state index in [1.54, 1.807) is 0 Å². The van der Waals surface area contributed by atoms with E-state index in [9.17, 15) is 4.79 Å². The highest BCUT2D eigenvalue weighted by atomic mass is 32.1. The van der Waals surface area contributed by atoms with E-state index in [2.05, 4.69) is 5.32 Å². The lowest BCUT2D eigenvalue weighted by Crippen LogP contribution is -2.51. The number of carbonyl (C=O) groups excluding carboxylic acids is 1. The van der Waals surface area contributed by atoms with Crippen molar-refractivity contribution in [1.82, 2.24) is 15.3 Å². The lowest BCUT2D eigenvalue weighted by atomic mass is 10.5. The summed E-state index contributed by atoms with van der Waals surface area (Å²) in [5.74, 6) is 0.0203. The Hall–Kier alpha value is -0.720. The van der Waals surface area contributed by atoms with Crippen molar-refractivity contribution in [2.75, 3.05) is 32.8 Å². The fraction of sp³-hybridized carbons (Fsp3) is 0.714. The SMILES string of the molecule is O=C1CNC(=S)N1N1CCOCC1. The van der Waals surface area contributed by atoms with Crippen molar-refractivity contribution in [3.05, 3.63) is 0 Å². The number of nitrogens with one attached hydrogen (secondary N) is 1. The maximum atomic E-state index is 11.4. The number of morpholine rings is 1. The summed E-state index contributed by atoms with van der Waals surface area (Å²) in [6, 6.07) is 0. The van der Waals surface area contributed by atoms with Gasteiger partial charge >= 0.3 is 0 Å². The Labute approximate surface area is 81.6 Å². The molecule has 2 aliphatic rings. The maximum Gasteiger partial charge on any atom is 0.262 e. The normalized spacial score (nSPS) is 25.1. The molecule has 1 N–H and O–H groups in total. The molecule has 0 bridgehead atoms. The summed E-state index contributed by atoms with van der Waals surface area (Å²) < 4.78 is 5.19. The minimum atomic E-state index is 0.0203. The van der Waals surface area contributed by atoms with E-state index >= 15 is 0 Å². The zero-order valence-corrected chi connectivity index (χ0v) is 7.97. The summed E-state index contributed by atoms with van der Waals surface area (Å²) in [6.45, 7) is 3.09. The second kappa shape index (κ2) is 3.57. The number of nitrogens with zero attached hydrogens (tertiary/aromatic N) is 2. The van der Waals surface area contributed by atoms with Crippen LogP contribution in [0.5, 0.6) is 0 Å². The molecule has 0 aromatic heterocycles. The van der Waals surface area contributed by atoms with Gasteiger partial charge in [0.1, 0.15) is 0 Å². The van der Waals surface area contributed by atoms with Crippen LogP contribution < -0.4 is 5.32 Å². The quantitative estimate of drug-likeness (QED) is 0.548. The van der Waals surface area contributed by atoms with Crippen molar-refractivity contribution in [3.8, 4) is 0 Å². The molecule has 2 fully saturated rings. The van der Waals surface area contributed by atoms with Gasteiger partial charge in [0.15, 0.2) is 5.11 Å². The first-order valence-corrected chi connectivity index (χ1v) is 4.63. The van der Waals surface area contributed by atoms with Crippen LogP contribution in [0.3, 0.4) is 0 Å². The number of rotatable bonds is 1. The van der Waals surface area contributed by atoms with Gasteiger partial charge in [-0.1, -0.05) is 0 Å². The van der Waals surface area contributed by atoms with E-state index in [0.29, 0.717) is 24.9 Å². The highest BCUT2D eigenvalue weighted by molar-refractivity contribution is 7.80. The van der Waals surface area contributed by atoms with E-state index in [4.69, 9.17) is 17.0 Å². The molecule has 0 aromatic carbocycles. The molecule has 0 saturated carbocycles. The summed E-state index contributed by atoms with van der Waals surface area (Å²) in [4.78, 5) is 11.4. The molecule has 2 saturated heterocycles. The highest BCUT2D eigenvalue weighted by Gasteiger charge is 2.31. The molecule has 1 amide bonds. The number of hydrazine groups is 1. The standard InChI is InChI=1S/C7H11N3O2S/c11-6-5-8-7(13)10(6)9-1-3-12-4-2-9/h1-5H2,(H,8,13). The van der Waals surface area contributed by atoms with Crippen LogP contribution in [0.2, 0.25) is 0 Å². The van der Waals surface area contributed by atoms with Crippen LogP contribution in [0.4, 0.5) is 0 Å². The van der Waals surface area contributed by atoms with Crippen molar-refractivity contribution < 1.29 is 9.53 Å². The fourth-order valence-electron chi connectivity index (χ4n) is 1.45. The lowest BCUT2D eigenvalue weighted by Gasteiger charge is -2.33. The Morgan fingerprint density at radius 2 is 2.08 bits per heavy atom. The second-order valence-corrected chi connectivity index (χ2v) is 3.32. The van der Waals surface area contributed by atoms with Crippen molar-refractivity contribution in [3.63, 3.8) is 0 Å². The topological polar surface area (TPSA) is 44.8 Å². The fourth-order valence-corrected chi connectivity index (χ4v) is 1.74. The van der Waals surface area contributed by atoms with Gasteiger partial charge in [-0.2, -0.15) is 0 Å². The van der Waals surface area contributed by atoms with Gasteiger partial charge < -0.3 is 10.1 Å². The molecule has 2 heterocycles. The minimum Gasteiger partial charge on any atom is -0.379 e. The molecule has 2 rings (SSSR count).